The van der Waals surface area contributed by atoms with Crippen LogP contribution >= 0.6 is 34.8 Å². The standard InChI is InChI=1S/C39H50Cl3N7O13.C2HF3O2/c1-25(2)34(62-32(54)19-43-3)33(45-37(57)60-24-39(40,41)42)36(56)49-28(16-11-17-47(49)38(58)59-22-26-12-7-5-8-13-26)35(55)48(61-23-27-14-9-6-10-15-27)21-30(51)46(4)20-29(50)44-18-31(52)53;3-2(4,5)1(6)7/h5-10,12-15,25,28,33-34,43H,11,16-24H2,1-4H3,(H,44,50)(H,45,57)(H,52,53);(H,6,7)/t28-,33+,34+;/m1./s1. The molecule has 28 heteroatoms. The molecule has 1 saturated heterocycles. The highest BCUT2D eigenvalue weighted by Gasteiger charge is 2.48. The normalized spacial score (nSPS) is 14.4. The molecule has 2 aromatic rings. The number of likely N-dealkylation sites (N-methyl/N-ethyl adjacent to an activating group) is 2. The predicted molar refractivity (Wildman–Crippen MR) is 231 cm³/mol. The fourth-order valence-electron chi connectivity index (χ4n) is 5.86. The Labute approximate surface area is 408 Å². The largest absolute Gasteiger partial charge is 0.542 e. The van der Waals surface area contributed by atoms with Gasteiger partial charge in [-0.1, -0.05) is 109 Å². The molecule has 5 N–H and O–H groups in total. The van der Waals surface area contributed by atoms with Crippen LogP contribution < -0.4 is 21.1 Å². The molecule has 22 nitrogen and oxygen atoms in total. The Morgan fingerprint density at radius 2 is 1.48 bits per heavy atom. The fraction of sp³-hybridized carbons (Fsp3) is 0.488. The topological polar surface area (TPSA) is 287 Å². The number of quaternary nitrogens is 1. The van der Waals surface area contributed by atoms with Gasteiger partial charge in [0, 0.05) is 13.6 Å². The third kappa shape index (κ3) is 21.4. The van der Waals surface area contributed by atoms with Crippen LogP contribution in [0.3, 0.4) is 0 Å². The number of hydrazine groups is 1. The van der Waals surface area contributed by atoms with Crippen LogP contribution in [0, 0.1) is 5.92 Å². The van der Waals surface area contributed by atoms with E-state index >= 15 is 4.79 Å². The maximum atomic E-state index is 15.1. The minimum atomic E-state index is -5.19. The van der Waals surface area contributed by atoms with Crippen LogP contribution in [0.25, 0.3) is 0 Å². The van der Waals surface area contributed by atoms with E-state index in [0.29, 0.717) is 16.2 Å². The van der Waals surface area contributed by atoms with Crippen LogP contribution in [0.2, 0.25) is 0 Å². The van der Waals surface area contributed by atoms with Crippen LogP contribution in [0.4, 0.5) is 22.8 Å². The SMILES string of the molecule is C[NH2+]CC(=O)O[C@@H](C(C)C)[C@H](NC(=O)OCC(Cl)(Cl)Cl)C(=O)N1[C@@H](C(=O)N(CC(=O)N(C)CC(=O)NCC(=O)O)OCc2ccccc2)CCCN1C(=O)OCc1ccccc1.O=C([O-])C(F)(F)F. The van der Waals surface area contributed by atoms with Crippen molar-refractivity contribution >= 4 is 88.5 Å². The zero-order valence-corrected chi connectivity index (χ0v) is 39.7. The number of halogens is 6. The molecular weight excluding hydrogens is 994 g/mol. The highest BCUT2D eigenvalue weighted by atomic mass is 35.6. The number of carboxylic acid groups (broad SMARTS) is 2. The number of carbonyl (C=O) groups is 9. The van der Waals surface area contributed by atoms with Gasteiger partial charge >= 0.3 is 30.3 Å². The quantitative estimate of drug-likeness (QED) is 0.0614. The minimum absolute atomic E-state index is 0.114. The number of nitrogens with two attached hydrogens (primary N) is 1. The van der Waals surface area contributed by atoms with Crippen molar-refractivity contribution in [3.05, 3.63) is 71.8 Å². The molecular formula is C41H51Cl3F3N7O15. The van der Waals surface area contributed by atoms with E-state index in [-0.39, 0.29) is 39.1 Å². The first kappa shape index (κ1) is 59.0. The molecule has 0 bridgehead atoms. The summed E-state index contributed by atoms with van der Waals surface area (Å²) in [6.45, 7) is -0.543. The third-order valence-electron chi connectivity index (χ3n) is 9.09. The van der Waals surface area contributed by atoms with Crippen molar-refractivity contribution in [3.8, 4) is 0 Å². The summed E-state index contributed by atoms with van der Waals surface area (Å²) in [7, 11) is 2.84. The van der Waals surface area contributed by atoms with Crippen molar-refractivity contribution in [2.24, 2.45) is 5.92 Å². The number of ether oxygens (including phenoxy) is 3. The molecule has 0 aliphatic carbocycles. The molecule has 6 amide bonds. The minimum Gasteiger partial charge on any atom is -0.542 e. The molecule has 0 saturated carbocycles. The molecule has 0 aromatic heterocycles. The molecule has 1 fully saturated rings. The number of benzene rings is 2. The monoisotopic (exact) mass is 1040 g/mol. The Bertz CT molecular complexity index is 2070. The molecule has 3 atom stereocenters. The summed E-state index contributed by atoms with van der Waals surface area (Å²) in [6.07, 6.45) is -9.01. The zero-order valence-electron chi connectivity index (χ0n) is 37.5. The predicted octanol–water partition coefficient (Wildman–Crippen LogP) is 0.675. The van der Waals surface area contributed by atoms with E-state index in [2.05, 4.69) is 10.6 Å². The van der Waals surface area contributed by atoms with Gasteiger partial charge in [0.25, 0.3) is 11.8 Å². The van der Waals surface area contributed by atoms with Gasteiger partial charge in [0.1, 0.15) is 51.0 Å². The molecule has 0 spiro atoms. The lowest BCUT2D eigenvalue weighted by atomic mass is 9.97. The maximum absolute atomic E-state index is 15.1. The number of hydroxylamine groups is 2. The number of amides is 6. The lowest BCUT2D eigenvalue weighted by Gasteiger charge is -2.45. The molecule has 0 unspecified atom stereocenters. The molecule has 69 heavy (non-hydrogen) atoms. The molecule has 0 radical (unpaired) electrons. The number of carbonyl (C=O) groups excluding carboxylic acids is 8. The average molecular weight is 1050 g/mol. The van der Waals surface area contributed by atoms with E-state index in [4.69, 9.17) is 68.9 Å². The fourth-order valence-corrected chi connectivity index (χ4v) is 6.03. The Morgan fingerprint density at radius 1 is 0.913 bits per heavy atom. The number of nitrogens with one attached hydrogen (secondary N) is 2. The van der Waals surface area contributed by atoms with Crippen molar-refractivity contribution < 1.29 is 90.9 Å². The zero-order chi connectivity index (χ0) is 52.1. The van der Waals surface area contributed by atoms with Crippen LogP contribution in [-0.2, 0) is 65.8 Å². The summed E-state index contributed by atoms with van der Waals surface area (Å²) in [4.78, 5) is 123. The molecule has 1 aliphatic heterocycles. The van der Waals surface area contributed by atoms with Crippen LogP contribution in [0.1, 0.15) is 37.8 Å². The van der Waals surface area contributed by atoms with Crippen molar-refractivity contribution in [3.63, 3.8) is 0 Å². The molecule has 382 valence electrons. The summed E-state index contributed by atoms with van der Waals surface area (Å²) in [5.74, 6) is -9.57. The van der Waals surface area contributed by atoms with Gasteiger partial charge in [0.15, 0.2) is 12.6 Å². The smallest absolute Gasteiger partial charge is 0.430 e. The molecule has 1 aliphatic rings. The van der Waals surface area contributed by atoms with Gasteiger partial charge in [0.05, 0.1) is 13.6 Å². The Hall–Kier alpha value is -6.15. The number of aliphatic carboxylic acids is 2. The number of hydrogen-bond donors (Lipinski definition) is 4. The van der Waals surface area contributed by atoms with E-state index < -0.39 is 114 Å². The van der Waals surface area contributed by atoms with Gasteiger partial charge in [-0.3, -0.25) is 28.8 Å². The van der Waals surface area contributed by atoms with Gasteiger partial charge in [-0.05, 0) is 29.9 Å². The Morgan fingerprint density at radius 3 is 1.99 bits per heavy atom. The van der Waals surface area contributed by atoms with Gasteiger partial charge in [-0.2, -0.15) is 13.2 Å². The van der Waals surface area contributed by atoms with Crippen LogP contribution in [-0.4, -0.2) is 160 Å². The maximum Gasteiger partial charge on any atom is 0.430 e. The second-order valence-electron chi connectivity index (χ2n) is 15.0. The summed E-state index contributed by atoms with van der Waals surface area (Å²) in [6, 6.07) is 13.7. The van der Waals surface area contributed by atoms with E-state index in [1.807, 2.05) is 0 Å². The van der Waals surface area contributed by atoms with E-state index in [1.165, 1.54) is 12.4 Å². The number of alkyl carbamates (subject to hydrolysis) is 1. The van der Waals surface area contributed by atoms with Crippen LogP contribution in [0.15, 0.2) is 60.7 Å². The lowest BCUT2D eigenvalue weighted by Crippen LogP contribution is -2.81. The summed E-state index contributed by atoms with van der Waals surface area (Å²) in [5, 5.41) is 26.0. The average Bonchev–Trinajstić information content (AvgIpc) is 3.28. The Balaban J connectivity index is 0.00000216. The van der Waals surface area contributed by atoms with Gasteiger partial charge < -0.3 is 50.1 Å². The van der Waals surface area contributed by atoms with Gasteiger partial charge in [-0.25, -0.2) is 29.5 Å². The van der Waals surface area contributed by atoms with E-state index in [0.717, 1.165) is 14.9 Å². The molecule has 2 aromatic carbocycles. The number of hydrogen-bond acceptors (Lipinski definition) is 14. The lowest BCUT2D eigenvalue weighted by molar-refractivity contribution is -0.617. The van der Waals surface area contributed by atoms with E-state index in [9.17, 15) is 46.7 Å². The summed E-state index contributed by atoms with van der Waals surface area (Å²) < 4.78 is 45.9. The number of rotatable bonds is 20. The first-order valence-corrected chi connectivity index (χ1v) is 21.7. The van der Waals surface area contributed by atoms with Crippen molar-refractivity contribution in [2.45, 2.75) is 68.1 Å². The summed E-state index contributed by atoms with van der Waals surface area (Å²) >= 11 is 17.4. The second kappa shape index (κ2) is 28.4. The van der Waals surface area contributed by atoms with Crippen molar-refractivity contribution in [1.29, 1.82) is 0 Å². The first-order chi connectivity index (χ1) is 32.2. The van der Waals surface area contributed by atoms with Crippen molar-refractivity contribution in [2.75, 3.05) is 53.4 Å². The highest BCUT2D eigenvalue weighted by Crippen LogP contribution is 2.28. The second-order valence-corrected chi connectivity index (χ2v) is 17.5. The van der Waals surface area contributed by atoms with Gasteiger partial charge in [-0.15, -0.1) is 0 Å². The third-order valence-corrected chi connectivity index (χ3v) is 9.42. The number of alkyl halides is 6. The number of esters is 1. The molecule has 1 heterocycles. The number of nitrogens with zero attached hydrogens (tertiary/aromatic N) is 4. The van der Waals surface area contributed by atoms with Crippen molar-refractivity contribution in [1.82, 2.24) is 30.6 Å². The first-order valence-electron chi connectivity index (χ1n) is 20.5. The number of carboxylic acids is 2. The van der Waals surface area contributed by atoms with Crippen LogP contribution in [0.5, 0.6) is 0 Å². The van der Waals surface area contributed by atoms with E-state index in [1.54, 1.807) is 81.6 Å². The Kier molecular flexibility index (Phi) is 24.2. The summed E-state index contributed by atoms with van der Waals surface area (Å²) in [5.41, 5.74) is 1.17. The van der Waals surface area contributed by atoms with Gasteiger partial charge in [0.2, 0.25) is 15.6 Å². The molecule has 3 rings (SSSR count). The highest BCUT2D eigenvalue weighted by molar-refractivity contribution is 6.67.